The number of aliphatic hydroxyl groups excluding tert-OH is 1. The molecule has 1 amide bonds. The predicted molar refractivity (Wildman–Crippen MR) is 85.7 cm³/mol. The molecule has 4 nitrogen and oxygen atoms in total. The topological polar surface area (TPSA) is 56.3 Å². The largest absolute Gasteiger partial charge is 0.396 e. The summed E-state index contributed by atoms with van der Waals surface area (Å²) in [5, 5.41) is 11.0. The van der Waals surface area contributed by atoms with E-state index in [0.29, 0.717) is 6.04 Å². The number of hydrogen-bond acceptors (Lipinski definition) is 2. The first-order valence-electron chi connectivity index (χ1n) is 8.19. The number of carbonyl (C=O) groups excluding carboxylic acids is 1. The molecule has 2 fully saturated rings. The Balaban J connectivity index is 1.68. The van der Waals surface area contributed by atoms with Gasteiger partial charge >= 0.3 is 0 Å². The zero-order valence-electron chi connectivity index (χ0n) is 12.9. The van der Waals surface area contributed by atoms with Gasteiger partial charge in [-0.15, -0.1) is 0 Å². The highest BCUT2D eigenvalue weighted by Gasteiger charge is 2.56. The van der Waals surface area contributed by atoms with Crippen LogP contribution in [-0.4, -0.2) is 39.6 Å². The van der Waals surface area contributed by atoms with Gasteiger partial charge in [-0.05, 0) is 49.9 Å². The highest BCUT2D eigenvalue weighted by molar-refractivity contribution is 5.98. The second kappa shape index (κ2) is 4.85. The van der Waals surface area contributed by atoms with Crippen molar-refractivity contribution >= 4 is 16.8 Å². The van der Waals surface area contributed by atoms with Gasteiger partial charge in [-0.3, -0.25) is 4.79 Å². The van der Waals surface area contributed by atoms with E-state index in [1.807, 2.05) is 30.5 Å². The number of H-pyrrole nitrogens is 1. The SMILES string of the molecule is CC[C@]1(CO)C[C@H]2CC[C@@H]1N2C(=O)c1ccc2[nH]ccc2c1. The lowest BCUT2D eigenvalue weighted by molar-refractivity contribution is 0.0557. The summed E-state index contributed by atoms with van der Waals surface area (Å²) in [6, 6.07) is 8.34. The molecule has 2 aliphatic rings. The smallest absolute Gasteiger partial charge is 0.254 e. The van der Waals surface area contributed by atoms with Gasteiger partial charge in [-0.2, -0.15) is 0 Å². The van der Waals surface area contributed by atoms with Gasteiger partial charge in [0.2, 0.25) is 0 Å². The number of fused-ring (bicyclic) bond motifs is 3. The van der Waals surface area contributed by atoms with Crippen molar-refractivity contribution in [1.29, 1.82) is 0 Å². The van der Waals surface area contributed by atoms with Gasteiger partial charge in [0.05, 0.1) is 6.61 Å². The average Bonchev–Trinajstić information content (AvgIpc) is 3.26. The monoisotopic (exact) mass is 298 g/mol. The van der Waals surface area contributed by atoms with E-state index in [1.54, 1.807) is 0 Å². The molecule has 22 heavy (non-hydrogen) atoms. The Kier molecular flexibility index (Phi) is 3.05. The standard InChI is InChI=1S/C18H22N2O2/c1-2-18(11-21)10-14-4-6-16(18)20(14)17(22)13-3-5-15-12(9-13)7-8-19-15/h3,5,7-9,14,16,19,21H,2,4,6,10-11H2,1H3/t14-,16+,18-/m1/s1. The molecule has 0 spiro atoms. The van der Waals surface area contributed by atoms with Gasteiger partial charge in [0.15, 0.2) is 0 Å². The van der Waals surface area contributed by atoms with E-state index in [2.05, 4.69) is 16.8 Å². The molecule has 2 aliphatic heterocycles. The molecule has 0 aliphatic carbocycles. The molecule has 3 atom stereocenters. The van der Waals surface area contributed by atoms with Crippen LogP contribution >= 0.6 is 0 Å². The van der Waals surface area contributed by atoms with Crippen LogP contribution in [0.5, 0.6) is 0 Å². The average molecular weight is 298 g/mol. The maximum Gasteiger partial charge on any atom is 0.254 e. The van der Waals surface area contributed by atoms with Crippen molar-refractivity contribution in [2.24, 2.45) is 5.41 Å². The van der Waals surface area contributed by atoms with E-state index in [0.717, 1.165) is 42.1 Å². The maximum atomic E-state index is 13.0. The second-order valence-corrected chi connectivity index (χ2v) is 6.82. The lowest BCUT2D eigenvalue weighted by Gasteiger charge is -2.34. The van der Waals surface area contributed by atoms with Crippen molar-refractivity contribution in [2.75, 3.05) is 6.61 Å². The fourth-order valence-electron chi connectivity index (χ4n) is 4.59. The van der Waals surface area contributed by atoms with Crippen LogP contribution in [0.4, 0.5) is 0 Å². The number of aromatic amines is 1. The molecule has 1 aromatic heterocycles. The molecule has 4 rings (SSSR count). The van der Waals surface area contributed by atoms with Crippen LogP contribution in [0.1, 0.15) is 43.0 Å². The predicted octanol–water partition coefficient (Wildman–Crippen LogP) is 2.93. The molecule has 4 heteroatoms. The number of nitrogens with zero attached hydrogens (tertiary/aromatic N) is 1. The summed E-state index contributed by atoms with van der Waals surface area (Å²) >= 11 is 0. The third-order valence-electron chi connectivity index (χ3n) is 5.91. The summed E-state index contributed by atoms with van der Waals surface area (Å²) < 4.78 is 0. The molecule has 1 aromatic carbocycles. The maximum absolute atomic E-state index is 13.0. The number of rotatable bonds is 3. The Morgan fingerprint density at radius 1 is 1.41 bits per heavy atom. The van der Waals surface area contributed by atoms with E-state index in [9.17, 15) is 9.90 Å². The van der Waals surface area contributed by atoms with E-state index in [4.69, 9.17) is 0 Å². The molecule has 2 bridgehead atoms. The van der Waals surface area contributed by atoms with Crippen LogP contribution in [0.25, 0.3) is 10.9 Å². The summed E-state index contributed by atoms with van der Waals surface area (Å²) in [4.78, 5) is 18.2. The Hall–Kier alpha value is -1.81. The Labute approximate surface area is 130 Å². The molecular weight excluding hydrogens is 276 g/mol. The van der Waals surface area contributed by atoms with Crippen LogP contribution < -0.4 is 0 Å². The summed E-state index contributed by atoms with van der Waals surface area (Å²) in [5.74, 6) is 0.124. The highest BCUT2D eigenvalue weighted by atomic mass is 16.3. The first-order valence-corrected chi connectivity index (χ1v) is 8.19. The molecule has 2 N–H and O–H groups in total. The van der Waals surface area contributed by atoms with Gasteiger partial charge in [-0.1, -0.05) is 6.92 Å². The zero-order valence-corrected chi connectivity index (χ0v) is 12.9. The van der Waals surface area contributed by atoms with Crippen molar-refractivity contribution in [2.45, 2.75) is 44.7 Å². The van der Waals surface area contributed by atoms with Gasteiger partial charge in [-0.25, -0.2) is 0 Å². The van der Waals surface area contributed by atoms with Crippen molar-refractivity contribution in [3.05, 3.63) is 36.0 Å². The van der Waals surface area contributed by atoms with E-state index in [-0.39, 0.29) is 24.0 Å². The molecule has 0 saturated carbocycles. The molecule has 116 valence electrons. The molecule has 0 unspecified atom stereocenters. The number of nitrogens with one attached hydrogen (secondary N) is 1. The minimum Gasteiger partial charge on any atom is -0.396 e. The molecular formula is C18H22N2O2. The van der Waals surface area contributed by atoms with Crippen LogP contribution in [-0.2, 0) is 0 Å². The number of benzene rings is 1. The summed E-state index contributed by atoms with van der Waals surface area (Å²) in [6.45, 7) is 2.32. The van der Waals surface area contributed by atoms with E-state index in [1.165, 1.54) is 0 Å². The minimum atomic E-state index is -0.0865. The molecule has 2 aromatic rings. The van der Waals surface area contributed by atoms with Crippen molar-refractivity contribution < 1.29 is 9.90 Å². The quantitative estimate of drug-likeness (QED) is 0.915. The summed E-state index contributed by atoms with van der Waals surface area (Å²) in [6.07, 6.45) is 5.88. The van der Waals surface area contributed by atoms with Crippen LogP contribution in [0, 0.1) is 5.41 Å². The van der Waals surface area contributed by atoms with Gasteiger partial charge in [0.25, 0.3) is 5.91 Å². The van der Waals surface area contributed by atoms with E-state index < -0.39 is 0 Å². The van der Waals surface area contributed by atoms with Crippen molar-refractivity contribution in [3.63, 3.8) is 0 Å². The van der Waals surface area contributed by atoms with Gasteiger partial charge in [0, 0.05) is 40.2 Å². The van der Waals surface area contributed by atoms with Crippen LogP contribution in [0.2, 0.25) is 0 Å². The van der Waals surface area contributed by atoms with Crippen molar-refractivity contribution in [1.82, 2.24) is 9.88 Å². The third-order valence-corrected chi connectivity index (χ3v) is 5.91. The highest BCUT2D eigenvalue weighted by Crippen LogP contribution is 2.51. The zero-order chi connectivity index (χ0) is 15.3. The first kappa shape index (κ1) is 13.8. The van der Waals surface area contributed by atoms with Gasteiger partial charge < -0.3 is 15.0 Å². The second-order valence-electron chi connectivity index (χ2n) is 6.82. The fraction of sp³-hybridized carbons (Fsp3) is 0.500. The van der Waals surface area contributed by atoms with Crippen LogP contribution in [0.3, 0.4) is 0 Å². The third kappa shape index (κ3) is 1.76. The van der Waals surface area contributed by atoms with Crippen molar-refractivity contribution in [3.8, 4) is 0 Å². The van der Waals surface area contributed by atoms with Crippen LogP contribution in [0.15, 0.2) is 30.5 Å². The number of aromatic nitrogens is 1. The number of carbonyl (C=O) groups is 1. The molecule has 0 radical (unpaired) electrons. The number of aliphatic hydroxyl groups is 1. The molecule has 2 saturated heterocycles. The first-order chi connectivity index (χ1) is 10.7. The Bertz CT molecular complexity index is 717. The number of hydrogen-bond donors (Lipinski definition) is 2. The number of amides is 1. The van der Waals surface area contributed by atoms with Gasteiger partial charge in [0.1, 0.15) is 0 Å². The Morgan fingerprint density at radius 3 is 3.00 bits per heavy atom. The fourth-order valence-corrected chi connectivity index (χ4v) is 4.59. The normalized spacial score (nSPS) is 30.4. The lowest BCUT2D eigenvalue weighted by Crippen LogP contribution is -2.42. The minimum absolute atomic E-state index is 0.0865. The summed E-state index contributed by atoms with van der Waals surface area (Å²) in [5.41, 5.74) is 1.73. The van der Waals surface area contributed by atoms with E-state index >= 15 is 0 Å². The Morgan fingerprint density at radius 2 is 2.27 bits per heavy atom. The molecule has 3 heterocycles. The summed E-state index contributed by atoms with van der Waals surface area (Å²) in [7, 11) is 0. The lowest BCUT2D eigenvalue weighted by atomic mass is 9.72.